The molecule has 0 aromatic heterocycles. The van der Waals surface area contributed by atoms with Crippen molar-refractivity contribution in [1.29, 1.82) is 0 Å². The van der Waals surface area contributed by atoms with Crippen LogP contribution in [0, 0.1) is 39.2 Å². The summed E-state index contributed by atoms with van der Waals surface area (Å²) in [6.45, 7) is 1.78. The van der Waals surface area contributed by atoms with Crippen LogP contribution in [-0.4, -0.2) is 40.8 Å². The number of phenolic OH excluding ortho intramolecular Hbond substituents is 1. The Morgan fingerprint density at radius 1 is 0.935 bits per heavy atom. The lowest BCUT2D eigenvalue weighted by molar-refractivity contribution is -0.384. The molecule has 0 bridgehead atoms. The zero-order chi connectivity index (χ0) is 32.7. The van der Waals surface area contributed by atoms with Gasteiger partial charge < -0.3 is 9.84 Å². The number of carbonyl (C=O) groups is 4. The van der Waals surface area contributed by atoms with Crippen molar-refractivity contribution in [2.45, 2.75) is 25.7 Å². The Morgan fingerprint density at radius 3 is 2.26 bits per heavy atom. The maximum Gasteiger partial charge on any atom is 0.269 e. The molecule has 46 heavy (non-hydrogen) atoms. The van der Waals surface area contributed by atoms with Gasteiger partial charge in [0.1, 0.15) is 0 Å². The van der Waals surface area contributed by atoms with Gasteiger partial charge >= 0.3 is 0 Å². The van der Waals surface area contributed by atoms with E-state index in [0.717, 1.165) is 10.5 Å². The Bertz CT molecular complexity index is 1880. The number of rotatable bonds is 5. The van der Waals surface area contributed by atoms with E-state index in [0.29, 0.717) is 15.7 Å². The number of nitro benzene ring substituents is 1. The molecule has 4 aliphatic rings. The van der Waals surface area contributed by atoms with Gasteiger partial charge in [-0.05, 0) is 83.6 Å². The van der Waals surface area contributed by atoms with Gasteiger partial charge in [0.2, 0.25) is 23.6 Å². The fraction of sp³-hybridized carbons (Fsp3) is 0.294. The highest BCUT2D eigenvalue weighted by molar-refractivity contribution is 9.10. The van der Waals surface area contributed by atoms with E-state index in [2.05, 4.69) is 15.9 Å². The summed E-state index contributed by atoms with van der Waals surface area (Å²) < 4.78 is 5.79. The summed E-state index contributed by atoms with van der Waals surface area (Å²) in [4.78, 5) is 69.7. The number of ether oxygens (including phenoxy) is 1. The molecule has 2 aliphatic heterocycles. The maximum absolute atomic E-state index is 14.5. The molecule has 7 rings (SSSR count). The van der Waals surface area contributed by atoms with Gasteiger partial charge in [-0.3, -0.25) is 34.2 Å². The van der Waals surface area contributed by atoms with Crippen LogP contribution in [0.3, 0.4) is 0 Å². The van der Waals surface area contributed by atoms with Crippen LogP contribution in [0.1, 0.15) is 31.2 Å². The maximum atomic E-state index is 14.5. The van der Waals surface area contributed by atoms with Crippen molar-refractivity contribution in [3.63, 3.8) is 0 Å². The third kappa shape index (κ3) is 4.08. The van der Waals surface area contributed by atoms with Crippen LogP contribution in [0.15, 0.2) is 82.9 Å². The van der Waals surface area contributed by atoms with Gasteiger partial charge in [-0.25, -0.2) is 4.90 Å². The number of methoxy groups -OCH3 is 1. The molecule has 1 saturated carbocycles. The van der Waals surface area contributed by atoms with Crippen molar-refractivity contribution in [3.8, 4) is 11.5 Å². The number of halogens is 1. The number of aromatic hydroxyl groups is 1. The molecule has 0 spiro atoms. The van der Waals surface area contributed by atoms with Crippen LogP contribution in [0.25, 0.3) is 0 Å². The van der Waals surface area contributed by atoms with Crippen LogP contribution in [0.4, 0.5) is 17.1 Å². The van der Waals surface area contributed by atoms with Gasteiger partial charge in [-0.2, -0.15) is 0 Å². The van der Waals surface area contributed by atoms with Gasteiger partial charge in [-0.15, -0.1) is 0 Å². The first-order chi connectivity index (χ1) is 22.0. The SMILES string of the molecule is COc1cc([C@H]2C3=CC[C@@H]4C(=O)N(c5ccc([N+](=O)[O-])cc5)C(=O)[C@@H]4[C@@H]3C[C@H]3C(=O)N(c4ccccc4)C(=O)[C@@]23C)cc(Br)c1O. The molecule has 2 heterocycles. The van der Waals surface area contributed by atoms with Gasteiger partial charge in [-0.1, -0.05) is 29.8 Å². The third-order valence-electron chi connectivity index (χ3n) is 10.2. The Kier molecular flexibility index (Phi) is 6.89. The first-order valence-corrected chi connectivity index (χ1v) is 15.6. The van der Waals surface area contributed by atoms with Crippen molar-refractivity contribution in [2.75, 3.05) is 16.9 Å². The fourth-order valence-electron chi connectivity index (χ4n) is 8.11. The van der Waals surface area contributed by atoms with E-state index in [1.165, 1.54) is 36.3 Å². The number of hydrogen-bond donors (Lipinski definition) is 1. The number of benzene rings is 3. The van der Waals surface area contributed by atoms with Gasteiger partial charge in [0.25, 0.3) is 5.69 Å². The smallest absolute Gasteiger partial charge is 0.269 e. The monoisotopic (exact) mass is 685 g/mol. The van der Waals surface area contributed by atoms with Crippen molar-refractivity contribution in [3.05, 3.63) is 98.5 Å². The van der Waals surface area contributed by atoms with E-state index in [4.69, 9.17) is 4.74 Å². The average Bonchev–Trinajstić information content (AvgIpc) is 3.42. The third-order valence-corrected chi connectivity index (χ3v) is 10.8. The molecule has 234 valence electrons. The summed E-state index contributed by atoms with van der Waals surface area (Å²) in [6, 6.07) is 17.3. The van der Waals surface area contributed by atoms with Crippen molar-refractivity contribution in [2.24, 2.45) is 29.1 Å². The Morgan fingerprint density at radius 2 is 1.61 bits per heavy atom. The number of amides is 4. The van der Waals surface area contributed by atoms with Crippen molar-refractivity contribution >= 4 is 56.6 Å². The first-order valence-electron chi connectivity index (χ1n) is 14.8. The molecule has 3 aromatic carbocycles. The number of nitro groups is 1. The van der Waals surface area contributed by atoms with Crippen LogP contribution < -0.4 is 14.5 Å². The molecule has 4 amide bonds. The van der Waals surface area contributed by atoms with Gasteiger partial charge in [0, 0.05) is 18.1 Å². The molecule has 2 aliphatic carbocycles. The standard InChI is InChI=1S/C34H28BrN3O8/c1-34-24(31(41)37(33(34)43)18-6-4-3-5-7-18)16-23-21(28(34)17-14-25(35)29(39)26(15-17)46-2)12-13-22-27(23)32(42)36(30(22)40)19-8-10-20(11-9-19)38(44)45/h3-12,14-15,22-24,27-28,39H,13,16H2,1-2H3/t22-,23+,24-,27-,28-,34+/m0/s1. The number of nitrogens with zero attached hydrogens (tertiary/aromatic N) is 3. The van der Waals surface area contributed by atoms with E-state index < -0.39 is 51.7 Å². The quantitative estimate of drug-likeness (QED) is 0.160. The molecule has 11 nitrogen and oxygen atoms in total. The number of para-hydroxylation sites is 1. The predicted octanol–water partition coefficient (Wildman–Crippen LogP) is 5.51. The number of imide groups is 2. The minimum Gasteiger partial charge on any atom is -0.503 e. The molecule has 3 aromatic rings. The number of fused-ring (bicyclic) bond motifs is 4. The Hall–Kier alpha value is -4.84. The predicted molar refractivity (Wildman–Crippen MR) is 169 cm³/mol. The van der Waals surface area contributed by atoms with E-state index in [9.17, 15) is 34.4 Å². The normalized spacial score (nSPS) is 28.5. The molecular formula is C34H28BrN3O8. The highest BCUT2D eigenvalue weighted by Gasteiger charge is 2.67. The molecule has 1 N–H and O–H groups in total. The molecule has 3 fully saturated rings. The summed E-state index contributed by atoms with van der Waals surface area (Å²) in [5.41, 5.74) is 0.658. The number of allylic oxidation sites excluding steroid dienone is 2. The first kappa shape index (κ1) is 29.8. The van der Waals surface area contributed by atoms with E-state index in [-0.39, 0.29) is 47.5 Å². The van der Waals surface area contributed by atoms with Crippen LogP contribution in [-0.2, 0) is 19.2 Å². The summed E-state index contributed by atoms with van der Waals surface area (Å²) in [6.07, 6.45) is 2.35. The molecule has 0 radical (unpaired) electrons. The second kappa shape index (κ2) is 10.6. The van der Waals surface area contributed by atoms with Crippen LogP contribution in [0.2, 0.25) is 0 Å². The van der Waals surface area contributed by atoms with E-state index in [1.807, 2.05) is 6.08 Å². The number of phenols is 1. The zero-order valence-corrected chi connectivity index (χ0v) is 26.3. The fourth-order valence-corrected chi connectivity index (χ4v) is 8.57. The summed E-state index contributed by atoms with van der Waals surface area (Å²) >= 11 is 3.41. The molecule has 6 atom stereocenters. The van der Waals surface area contributed by atoms with Crippen LogP contribution >= 0.6 is 15.9 Å². The molecule has 2 saturated heterocycles. The lowest BCUT2D eigenvalue weighted by Crippen LogP contribution is -2.48. The van der Waals surface area contributed by atoms with Crippen molar-refractivity contribution < 1.29 is 33.9 Å². The van der Waals surface area contributed by atoms with Crippen molar-refractivity contribution in [1.82, 2.24) is 0 Å². The second-order valence-electron chi connectivity index (χ2n) is 12.3. The Balaban J connectivity index is 1.37. The van der Waals surface area contributed by atoms with Gasteiger partial charge in [0.15, 0.2) is 11.5 Å². The molecule has 0 unspecified atom stereocenters. The highest BCUT2D eigenvalue weighted by atomic mass is 79.9. The number of anilines is 2. The van der Waals surface area contributed by atoms with Gasteiger partial charge in [0.05, 0.1) is 51.0 Å². The minimum atomic E-state index is -1.26. The molecular weight excluding hydrogens is 658 g/mol. The highest BCUT2D eigenvalue weighted by Crippen LogP contribution is 2.64. The van der Waals surface area contributed by atoms with Crippen LogP contribution in [0.5, 0.6) is 11.5 Å². The summed E-state index contributed by atoms with van der Waals surface area (Å²) in [5, 5.41) is 21.8. The van der Waals surface area contributed by atoms with E-state index >= 15 is 0 Å². The largest absolute Gasteiger partial charge is 0.503 e. The topological polar surface area (TPSA) is 147 Å². The molecule has 12 heteroatoms. The van der Waals surface area contributed by atoms with E-state index in [1.54, 1.807) is 49.4 Å². The zero-order valence-electron chi connectivity index (χ0n) is 24.8. The summed E-state index contributed by atoms with van der Waals surface area (Å²) in [7, 11) is 1.42. The summed E-state index contributed by atoms with van der Waals surface area (Å²) in [5.74, 6) is -5.09. The lowest BCUT2D eigenvalue weighted by atomic mass is 9.51. The minimum absolute atomic E-state index is 0.118. The Labute approximate surface area is 271 Å². The number of hydrogen-bond acceptors (Lipinski definition) is 8. The second-order valence-corrected chi connectivity index (χ2v) is 13.2. The number of carbonyl (C=O) groups excluding carboxylic acids is 4. The average molecular weight is 687 g/mol. The lowest BCUT2D eigenvalue weighted by Gasteiger charge is -2.49. The number of non-ortho nitro benzene ring substituents is 1.